The number of ether oxygens (including phenoxy) is 2. The van der Waals surface area contributed by atoms with E-state index in [9.17, 15) is 9.59 Å². The third kappa shape index (κ3) is 2.93. The van der Waals surface area contributed by atoms with Crippen LogP contribution in [0.4, 0.5) is 10.5 Å². The van der Waals surface area contributed by atoms with Gasteiger partial charge in [0, 0.05) is 6.07 Å². The first-order valence-corrected chi connectivity index (χ1v) is 6.57. The predicted octanol–water partition coefficient (Wildman–Crippen LogP) is 1.77. The van der Waals surface area contributed by atoms with Gasteiger partial charge in [0.25, 0.3) is 5.24 Å². The van der Waals surface area contributed by atoms with E-state index >= 15 is 0 Å². The standard InChI is InChI=1S/C12H14N2O4S/c1-17-8-3-4-9(10(5-8)18-2)13-7-14-11(15)6-19-12(14)16/h3-5,13H,6-7H2,1-2H3. The molecule has 1 N–H and O–H groups in total. The first kappa shape index (κ1) is 13.5. The molecular formula is C12H14N2O4S. The van der Waals surface area contributed by atoms with Crippen molar-refractivity contribution < 1.29 is 19.1 Å². The highest BCUT2D eigenvalue weighted by atomic mass is 32.2. The van der Waals surface area contributed by atoms with Gasteiger partial charge in [0.2, 0.25) is 5.91 Å². The van der Waals surface area contributed by atoms with Gasteiger partial charge in [0.05, 0.1) is 32.3 Å². The molecule has 102 valence electrons. The molecule has 0 unspecified atom stereocenters. The average Bonchev–Trinajstić information content (AvgIpc) is 2.75. The number of nitrogens with zero attached hydrogens (tertiary/aromatic N) is 1. The molecule has 1 aromatic rings. The number of nitrogens with one attached hydrogen (secondary N) is 1. The second-order valence-electron chi connectivity index (χ2n) is 3.78. The first-order valence-electron chi connectivity index (χ1n) is 5.58. The van der Waals surface area contributed by atoms with Crippen molar-refractivity contribution in [1.29, 1.82) is 0 Å². The monoisotopic (exact) mass is 282 g/mol. The Morgan fingerprint density at radius 2 is 2.11 bits per heavy atom. The highest BCUT2D eigenvalue weighted by molar-refractivity contribution is 8.14. The van der Waals surface area contributed by atoms with Gasteiger partial charge in [-0.3, -0.25) is 14.5 Å². The number of carbonyl (C=O) groups excluding carboxylic acids is 2. The molecule has 2 rings (SSSR count). The lowest BCUT2D eigenvalue weighted by atomic mass is 10.2. The van der Waals surface area contributed by atoms with Crippen molar-refractivity contribution in [3.8, 4) is 11.5 Å². The Morgan fingerprint density at radius 3 is 2.68 bits per heavy atom. The van der Waals surface area contributed by atoms with Gasteiger partial charge in [-0.2, -0.15) is 0 Å². The molecule has 2 amide bonds. The number of rotatable bonds is 5. The van der Waals surface area contributed by atoms with E-state index in [2.05, 4.69) is 5.32 Å². The predicted molar refractivity (Wildman–Crippen MR) is 72.7 cm³/mol. The number of thioether (sulfide) groups is 1. The van der Waals surface area contributed by atoms with Crippen LogP contribution in [0, 0.1) is 0 Å². The smallest absolute Gasteiger partial charge is 0.290 e. The summed E-state index contributed by atoms with van der Waals surface area (Å²) < 4.78 is 10.3. The van der Waals surface area contributed by atoms with Crippen LogP contribution in [0.2, 0.25) is 0 Å². The fourth-order valence-corrected chi connectivity index (χ4v) is 2.37. The summed E-state index contributed by atoms with van der Waals surface area (Å²) in [6.45, 7) is 0.132. The molecule has 1 aromatic carbocycles. The zero-order valence-corrected chi connectivity index (χ0v) is 11.5. The van der Waals surface area contributed by atoms with E-state index in [-0.39, 0.29) is 23.6 Å². The molecule has 1 heterocycles. The zero-order valence-electron chi connectivity index (χ0n) is 10.6. The number of hydrogen-bond acceptors (Lipinski definition) is 6. The lowest BCUT2D eigenvalue weighted by Gasteiger charge is -2.17. The normalized spacial score (nSPS) is 14.7. The van der Waals surface area contributed by atoms with Crippen LogP contribution >= 0.6 is 11.8 Å². The number of amides is 2. The molecule has 1 fully saturated rings. The molecule has 1 saturated heterocycles. The number of hydrogen-bond donors (Lipinski definition) is 1. The summed E-state index contributed by atoms with van der Waals surface area (Å²) in [5.74, 6) is 1.28. The van der Waals surface area contributed by atoms with Gasteiger partial charge < -0.3 is 14.8 Å². The molecule has 19 heavy (non-hydrogen) atoms. The molecule has 0 bridgehead atoms. The van der Waals surface area contributed by atoms with Gasteiger partial charge in [-0.05, 0) is 12.1 Å². The summed E-state index contributed by atoms with van der Waals surface area (Å²) >= 11 is 1.01. The van der Waals surface area contributed by atoms with Gasteiger partial charge >= 0.3 is 0 Å². The van der Waals surface area contributed by atoms with Crippen molar-refractivity contribution in [2.45, 2.75) is 0 Å². The quantitative estimate of drug-likeness (QED) is 0.887. The number of anilines is 1. The Balaban J connectivity index is 2.07. The summed E-state index contributed by atoms with van der Waals surface area (Å²) in [7, 11) is 3.11. The molecule has 6 nitrogen and oxygen atoms in total. The van der Waals surface area contributed by atoms with Crippen molar-refractivity contribution in [1.82, 2.24) is 4.90 Å². The van der Waals surface area contributed by atoms with Crippen LogP contribution in [0.1, 0.15) is 0 Å². The number of benzene rings is 1. The van der Waals surface area contributed by atoms with Crippen LogP contribution in [-0.2, 0) is 4.79 Å². The van der Waals surface area contributed by atoms with Gasteiger partial charge in [0.1, 0.15) is 11.5 Å². The average molecular weight is 282 g/mol. The minimum Gasteiger partial charge on any atom is -0.497 e. The van der Waals surface area contributed by atoms with E-state index in [1.54, 1.807) is 32.4 Å². The van der Waals surface area contributed by atoms with Crippen molar-refractivity contribution in [2.24, 2.45) is 0 Å². The van der Waals surface area contributed by atoms with Gasteiger partial charge in [0.15, 0.2) is 0 Å². The maximum atomic E-state index is 11.5. The molecule has 1 aliphatic rings. The van der Waals surface area contributed by atoms with Crippen LogP contribution < -0.4 is 14.8 Å². The summed E-state index contributed by atoms with van der Waals surface area (Å²) in [5.41, 5.74) is 0.695. The van der Waals surface area contributed by atoms with Gasteiger partial charge in [-0.1, -0.05) is 11.8 Å². The second kappa shape index (κ2) is 5.83. The second-order valence-corrected chi connectivity index (χ2v) is 4.70. The highest BCUT2D eigenvalue weighted by Crippen LogP contribution is 2.29. The van der Waals surface area contributed by atoms with Crippen LogP contribution in [0.5, 0.6) is 11.5 Å². The third-order valence-electron chi connectivity index (χ3n) is 2.68. The largest absolute Gasteiger partial charge is 0.497 e. The summed E-state index contributed by atoms with van der Waals surface area (Å²) in [6.07, 6.45) is 0. The summed E-state index contributed by atoms with van der Waals surface area (Å²) in [5, 5.41) is 2.78. The Hall–Kier alpha value is -1.89. The number of imide groups is 1. The minimum absolute atomic E-state index is 0.132. The molecule has 0 atom stereocenters. The fraction of sp³-hybridized carbons (Fsp3) is 0.333. The number of carbonyl (C=O) groups is 2. The highest BCUT2D eigenvalue weighted by Gasteiger charge is 2.29. The third-order valence-corrected chi connectivity index (χ3v) is 3.54. The zero-order chi connectivity index (χ0) is 13.8. The SMILES string of the molecule is COc1ccc(NCN2C(=O)CSC2=O)c(OC)c1. The molecule has 1 aliphatic heterocycles. The van der Waals surface area contributed by atoms with Crippen LogP contribution in [0.3, 0.4) is 0 Å². The Labute approximate surface area is 115 Å². The molecule has 0 saturated carbocycles. The van der Waals surface area contributed by atoms with Gasteiger partial charge in [-0.15, -0.1) is 0 Å². The summed E-state index contributed by atoms with van der Waals surface area (Å²) in [6, 6.07) is 5.27. The van der Waals surface area contributed by atoms with E-state index in [4.69, 9.17) is 9.47 Å². The first-order chi connectivity index (χ1) is 9.15. The minimum atomic E-state index is -0.232. The molecule has 0 aromatic heterocycles. The lowest BCUT2D eigenvalue weighted by Crippen LogP contribution is -2.33. The maximum absolute atomic E-state index is 11.5. The Bertz CT molecular complexity index is 491. The lowest BCUT2D eigenvalue weighted by molar-refractivity contribution is -0.124. The van der Waals surface area contributed by atoms with E-state index in [0.717, 1.165) is 11.8 Å². The fourth-order valence-electron chi connectivity index (χ4n) is 1.64. The Kier molecular flexibility index (Phi) is 4.16. The molecule has 0 radical (unpaired) electrons. The van der Waals surface area contributed by atoms with E-state index in [1.807, 2.05) is 0 Å². The van der Waals surface area contributed by atoms with Crippen molar-refractivity contribution in [3.63, 3.8) is 0 Å². The van der Waals surface area contributed by atoms with Crippen LogP contribution in [0.15, 0.2) is 18.2 Å². The Morgan fingerprint density at radius 1 is 1.32 bits per heavy atom. The number of methoxy groups -OCH3 is 2. The van der Waals surface area contributed by atoms with E-state index < -0.39 is 0 Å². The van der Waals surface area contributed by atoms with Crippen LogP contribution in [-0.4, -0.2) is 42.7 Å². The molecule has 7 heteroatoms. The maximum Gasteiger partial charge on any atom is 0.290 e. The van der Waals surface area contributed by atoms with E-state index in [0.29, 0.717) is 17.2 Å². The van der Waals surface area contributed by atoms with Gasteiger partial charge in [-0.25, -0.2) is 0 Å². The summed E-state index contributed by atoms with van der Waals surface area (Å²) in [4.78, 5) is 24.1. The molecule has 0 aliphatic carbocycles. The van der Waals surface area contributed by atoms with E-state index in [1.165, 1.54) is 4.90 Å². The van der Waals surface area contributed by atoms with Crippen molar-refractivity contribution in [2.75, 3.05) is 32.0 Å². The topological polar surface area (TPSA) is 67.9 Å². The van der Waals surface area contributed by atoms with Crippen LogP contribution in [0.25, 0.3) is 0 Å². The van der Waals surface area contributed by atoms with Crippen molar-refractivity contribution >= 4 is 28.6 Å². The van der Waals surface area contributed by atoms with Crippen molar-refractivity contribution in [3.05, 3.63) is 18.2 Å². The molecular weight excluding hydrogens is 268 g/mol. The molecule has 0 spiro atoms.